The van der Waals surface area contributed by atoms with Gasteiger partial charge in [0.15, 0.2) is 0 Å². The van der Waals surface area contributed by atoms with Crippen LogP contribution < -0.4 is 5.32 Å². The zero-order chi connectivity index (χ0) is 30.1. The number of rotatable bonds is 25. The molecule has 0 spiro atoms. The number of amides is 1. The maximum atomic E-state index is 12.6. The maximum absolute atomic E-state index is 12.6. The molecule has 0 aliphatic rings. The minimum atomic E-state index is -4.32. The van der Waals surface area contributed by atoms with Gasteiger partial charge < -0.3 is 19.8 Å². The molecule has 0 saturated heterocycles. The summed E-state index contributed by atoms with van der Waals surface area (Å²) in [6.45, 7) is 4.50. The standard InChI is InChI=1S/C31H57N2O6P/c1-6-8-10-12-13-14-15-16-17-18-19-21-23-25-31(35)32-29(30(34)24-22-20-11-9-7-2)28-39-40(36,37)38-27-26-33(3,4)5/h8,10,13-14,16-17,22,24,29-30,34H,6-7,9,11-12,15,18-21,23,25-28H2,1-5H3,(H-,32,35,36,37)/p+1/b10-8-,14-13-,17-16-,24-22+. The molecule has 0 bridgehead atoms. The van der Waals surface area contributed by atoms with E-state index in [2.05, 4.69) is 55.6 Å². The summed E-state index contributed by atoms with van der Waals surface area (Å²) in [5.74, 6) is -0.219. The quantitative estimate of drug-likeness (QED) is 0.0482. The summed E-state index contributed by atoms with van der Waals surface area (Å²) < 4.78 is 23.1. The van der Waals surface area contributed by atoms with Crippen molar-refractivity contribution in [1.29, 1.82) is 0 Å². The van der Waals surface area contributed by atoms with Crippen molar-refractivity contribution in [3.63, 3.8) is 0 Å². The van der Waals surface area contributed by atoms with Gasteiger partial charge in [-0.3, -0.25) is 13.8 Å². The van der Waals surface area contributed by atoms with Crippen molar-refractivity contribution in [3.05, 3.63) is 48.6 Å². The Morgan fingerprint density at radius 3 is 2.15 bits per heavy atom. The number of phosphoric acid groups is 1. The van der Waals surface area contributed by atoms with E-state index in [1.165, 1.54) is 0 Å². The number of likely N-dealkylation sites (N-methyl/N-ethyl adjacent to an activating group) is 1. The van der Waals surface area contributed by atoms with E-state index in [0.717, 1.165) is 70.6 Å². The molecule has 0 fully saturated rings. The molecule has 3 atom stereocenters. The van der Waals surface area contributed by atoms with Crippen LogP contribution in [0.5, 0.6) is 0 Å². The molecule has 3 unspecified atom stereocenters. The number of nitrogens with one attached hydrogen (secondary N) is 1. The highest BCUT2D eigenvalue weighted by Gasteiger charge is 2.27. The molecule has 1 amide bonds. The van der Waals surface area contributed by atoms with Crippen LogP contribution >= 0.6 is 7.82 Å². The molecule has 3 N–H and O–H groups in total. The number of hydrogen-bond acceptors (Lipinski definition) is 5. The van der Waals surface area contributed by atoms with Gasteiger partial charge in [-0.25, -0.2) is 4.57 Å². The average Bonchev–Trinajstić information content (AvgIpc) is 2.88. The zero-order valence-corrected chi connectivity index (χ0v) is 26.7. The summed E-state index contributed by atoms with van der Waals surface area (Å²) in [5.41, 5.74) is 0. The summed E-state index contributed by atoms with van der Waals surface area (Å²) >= 11 is 0. The molecular weight excluding hydrogens is 527 g/mol. The number of quaternary nitrogens is 1. The fourth-order valence-corrected chi connectivity index (χ4v) is 4.32. The molecule has 0 heterocycles. The molecule has 8 nitrogen and oxygen atoms in total. The van der Waals surface area contributed by atoms with E-state index in [4.69, 9.17) is 9.05 Å². The molecule has 0 aromatic carbocycles. The van der Waals surface area contributed by atoms with Crippen LogP contribution in [-0.2, 0) is 18.4 Å². The molecule has 0 aromatic rings. The molecule has 232 valence electrons. The Morgan fingerprint density at radius 1 is 0.875 bits per heavy atom. The SMILES string of the molecule is CC/C=C\C/C=C\C/C=C\CCCCCC(=O)NC(COP(=O)(O)OCC[N+](C)(C)C)C(O)/C=C/CCCCC. The topological polar surface area (TPSA) is 105 Å². The predicted molar refractivity (Wildman–Crippen MR) is 166 cm³/mol. The van der Waals surface area contributed by atoms with Crippen molar-refractivity contribution in [3.8, 4) is 0 Å². The molecular formula is C31H58N2O6P+. The summed E-state index contributed by atoms with van der Waals surface area (Å²) in [6.07, 6.45) is 26.4. The van der Waals surface area contributed by atoms with E-state index in [1.807, 2.05) is 27.2 Å². The Morgan fingerprint density at radius 2 is 1.50 bits per heavy atom. The number of aliphatic hydroxyl groups excluding tert-OH is 1. The van der Waals surface area contributed by atoms with Gasteiger partial charge in [-0.05, 0) is 51.4 Å². The number of phosphoric ester groups is 1. The first-order chi connectivity index (χ1) is 19.0. The first kappa shape index (κ1) is 38.5. The molecule has 40 heavy (non-hydrogen) atoms. The second-order valence-electron chi connectivity index (χ2n) is 11.1. The maximum Gasteiger partial charge on any atom is 0.472 e. The number of carbonyl (C=O) groups is 1. The Bertz CT molecular complexity index is 804. The Hall–Kier alpha value is -1.54. The van der Waals surface area contributed by atoms with Crippen LogP contribution in [0.15, 0.2) is 48.6 Å². The number of carbonyl (C=O) groups excluding carboxylic acids is 1. The van der Waals surface area contributed by atoms with Crippen LogP contribution in [0.1, 0.15) is 90.9 Å². The fourth-order valence-electron chi connectivity index (χ4n) is 3.58. The Balaban J connectivity index is 4.60. The van der Waals surface area contributed by atoms with Gasteiger partial charge in [-0.1, -0.05) is 81.7 Å². The van der Waals surface area contributed by atoms with E-state index in [-0.39, 0.29) is 19.1 Å². The monoisotopic (exact) mass is 585 g/mol. The summed E-state index contributed by atoms with van der Waals surface area (Å²) in [7, 11) is 1.53. The molecule has 0 aromatic heterocycles. The highest BCUT2D eigenvalue weighted by Crippen LogP contribution is 2.43. The lowest BCUT2D eigenvalue weighted by Gasteiger charge is -2.25. The molecule has 9 heteroatoms. The molecule has 0 rings (SSSR count). The average molecular weight is 586 g/mol. The number of nitrogens with zero attached hydrogens (tertiary/aromatic N) is 1. The lowest BCUT2D eigenvalue weighted by Crippen LogP contribution is -2.45. The minimum Gasteiger partial charge on any atom is -0.387 e. The van der Waals surface area contributed by atoms with Crippen LogP contribution in [0.3, 0.4) is 0 Å². The van der Waals surface area contributed by atoms with E-state index in [1.54, 1.807) is 6.08 Å². The van der Waals surface area contributed by atoms with E-state index >= 15 is 0 Å². The molecule has 0 saturated carbocycles. The van der Waals surface area contributed by atoms with Crippen molar-refractivity contribution in [1.82, 2.24) is 5.32 Å². The van der Waals surface area contributed by atoms with Crippen LogP contribution in [0.4, 0.5) is 0 Å². The van der Waals surface area contributed by atoms with Gasteiger partial charge in [-0.2, -0.15) is 0 Å². The summed E-state index contributed by atoms with van der Waals surface area (Å²) in [4.78, 5) is 22.7. The molecule has 0 aliphatic heterocycles. The highest BCUT2D eigenvalue weighted by atomic mass is 31.2. The van der Waals surface area contributed by atoms with Gasteiger partial charge in [0.2, 0.25) is 5.91 Å². The van der Waals surface area contributed by atoms with E-state index in [9.17, 15) is 19.4 Å². The Kier molecular flexibility index (Phi) is 23.2. The van der Waals surface area contributed by atoms with Crippen LogP contribution in [0, 0.1) is 0 Å². The minimum absolute atomic E-state index is 0.0523. The number of hydrogen-bond donors (Lipinski definition) is 3. The van der Waals surface area contributed by atoms with Crippen molar-refractivity contribution in [2.24, 2.45) is 0 Å². The fraction of sp³-hybridized carbons (Fsp3) is 0.710. The molecule has 0 aliphatic carbocycles. The van der Waals surface area contributed by atoms with Gasteiger partial charge in [0.1, 0.15) is 13.2 Å². The zero-order valence-electron chi connectivity index (χ0n) is 25.8. The largest absolute Gasteiger partial charge is 0.472 e. The number of allylic oxidation sites excluding steroid dienone is 7. The number of unbranched alkanes of at least 4 members (excludes halogenated alkanes) is 6. The van der Waals surface area contributed by atoms with Crippen LogP contribution in [0.25, 0.3) is 0 Å². The smallest absolute Gasteiger partial charge is 0.387 e. The first-order valence-electron chi connectivity index (χ1n) is 15.0. The third kappa shape index (κ3) is 25.4. The highest BCUT2D eigenvalue weighted by molar-refractivity contribution is 7.47. The van der Waals surface area contributed by atoms with Gasteiger partial charge in [0.25, 0.3) is 0 Å². The molecule has 0 radical (unpaired) electrons. The van der Waals surface area contributed by atoms with Gasteiger partial charge in [-0.15, -0.1) is 0 Å². The van der Waals surface area contributed by atoms with Crippen molar-refractivity contribution in [2.45, 2.75) is 103 Å². The lowest BCUT2D eigenvalue weighted by molar-refractivity contribution is -0.870. The number of aliphatic hydroxyl groups is 1. The van der Waals surface area contributed by atoms with Gasteiger partial charge >= 0.3 is 7.82 Å². The third-order valence-corrected chi connectivity index (χ3v) is 7.04. The van der Waals surface area contributed by atoms with Crippen LogP contribution in [0.2, 0.25) is 0 Å². The van der Waals surface area contributed by atoms with Crippen molar-refractivity contribution in [2.75, 3.05) is 40.9 Å². The second-order valence-corrected chi connectivity index (χ2v) is 12.5. The lowest BCUT2D eigenvalue weighted by atomic mass is 10.1. The first-order valence-corrected chi connectivity index (χ1v) is 16.5. The van der Waals surface area contributed by atoms with Crippen LogP contribution in [-0.4, -0.2) is 73.4 Å². The summed E-state index contributed by atoms with van der Waals surface area (Å²) in [6, 6.07) is -0.856. The second kappa shape index (κ2) is 24.1. The predicted octanol–water partition coefficient (Wildman–Crippen LogP) is 6.62. The van der Waals surface area contributed by atoms with Gasteiger partial charge in [0, 0.05) is 6.42 Å². The van der Waals surface area contributed by atoms with E-state index < -0.39 is 20.0 Å². The van der Waals surface area contributed by atoms with E-state index in [0.29, 0.717) is 17.4 Å². The van der Waals surface area contributed by atoms with Crippen molar-refractivity contribution >= 4 is 13.7 Å². The van der Waals surface area contributed by atoms with Crippen molar-refractivity contribution < 1.29 is 32.9 Å². The summed E-state index contributed by atoms with van der Waals surface area (Å²) in [5, 5.41) is 13.4. The van der Waals surface area contributed by atoms with Gasteiger partial charge in [0.05, 0.1) is 39.9 Å². The Labute approximate surface area is 244 Å². The third-order valence-electron chi connectivity index (χ3n) is 6.05. The normalized spacial score (nSPS) is 15.9.